The highest BCUT2D eigenvalue weighted by atomic mass is 16.4. The Balaban J connectivity index is 2.63. The molecule has 0 aromatic carbocycles. The van der Waals surface area contributed by atoms with Crippen LogP contribution in [0.1, 0.15) is 27.7 Å². The molecule has 2 N–H and O–H groups in total. The van der Waals surface area contributed by atoms with Crippen LogP contribution in [0.4, 0.5) is 4.79 Å². The molecule has 0 saturated heterocycles. The monoisotopic (exact) mass is 282 g/mol. The first kappa shape index (κ1) is 16.0. The summed E-state index contributed by atoms with van der Waals surface area (Å²) in [6.45, 7) is 7.45. The number of aliphatic carboxylic acids is 1. The van der Waals surface area contributed by atoms with Crippen LogP contribution in [0.5, 0.6) is 0 Å². The third-order valence-corrected chi connectivity index (χ3v) is 2.74. The van der Waals surface area contributed by atoms with E-state index in [9.17, 15) is 9.59 Å². The first-order valence-electron chi connectivity index (χ1n) is 6.47. The van der Waals surface area contributed by atoms with Crippen molar-refractivity contribution in [2.45, 2.75) is 45.8 Å². The maximum Gasteiger partial charge on any atom is 0.323 e. The van der Waals surface area contributed by atoms with Gasteiger partial charge in [0.05, 0.1) is 6.54 Å². The van der Waals surface area contributed by atoms with Gasteiger partial charge in [0.2, 0.25) is 0 Å². The van der Waals surface area contributed by atoms with Gasteiger partial charge in [0.1, 0.15) is 6.54 Å². The molecule has 0 aliphatic rings. The molecule has 1 aromatic rings. The molecule has 0 saturated carbocycles. The maximum absolute atomic E-state index is 12.2. The molecule has 0 aliphatic carbocycles. The lowest BCUT2D eigenvalue weighted by Crippen LogP contribution is -2.54. The van der Waals surface area contributed by atoms with Crippen LogP contribution < -0.4 is 5.32 Å². The van der Waals surface area contributed by atoms with Crippen LogP contribution in [0.2, 0.25) is 0 Å². The fraction of sp³-hybridized carbons (Fsp3) is 0.615. The molecular weight excluding hydrogens is 260 g/mol. The molecule has 1 heterocycles. The van der Waals surface area contributed by atoms with Gasteiger partial charge < -0.3 is 15.3 Å². The summed E-state index contributed by atoms with van der Waals surface area (Å²) in [4.78, 5) is 24.4. The van der Waals surface area contributed by atoms with E-state index < -0.39 is 11.5 Å². The summed E-state index contributed by atoms with van der Waals surface area (Å²) >= 11 is 0. The van der Waals surface area contributed by atoms with Crippen molar-refractivity contribution in [3.8, 4) is 0 Å². The summed E-state index contributed by atoms with van der Waals surface area (Å²) in [6, 6.07) is 1.26. The van der Waals surface area contributed by atoms with E-state index in [4.69, 9.17) is 5.11 Å². The summed E-state index contributed by atoms with van der Waals surface area (Å²) in [7, 11) is 0. The molecular formula is C13H22N4O3. The first-order chi connectivity index (χ1) is 9.20. The molecule has 1 aromatic heterocycles. The standard InChI is InChI=1S/C13H22N4O3/c1-10(8-16-7-5-6-14-16)15-12(20)17(9-11(18)19)13(2,3)4/h5-7,10H,8-9H2,1-4H3,(H,15,20)(H,18,19). The predicted octanol–water partition coefficient (Wildman–Crippen LogP) is 1.17. The Bertz CT molecular complexity index is 451. The van der Waals surface area contributed by atoms with Gasteiger partial charge in [-0.05, 0) is 33.8 Å². The van der Waals surface area contributed by atoms with Gasteiger partial charge in [0.25, 0.3) is 0 Å². The number of carbonyl (C=O) groups is 2. The summed E-state index contributed by atoms with van der Waals surface area (Å²) in [5, 5.41) is 15.8. The lowest BCUT2D eigenvalue weighted by atomic mass is 10.1. The van der Waals surface area contributed by atoms with Gasteiger partial charge >= 0.3 is 12.0 Å². The largest absolute Gasteiger partial charge is 0.480 e. The van der Waals surface area contributed by atoms with Crippen molar-refractivity contribution < 1.29 is 14.7 Å². The maximum atomic E-state index is 12.2. The fourth-order valence-corrected chi connectivity index (χ4v) is 1.77. The number of amides is 2. The summed E-state index contributed by atoms with van der Waals surface area (Å²) < 4.78 is 1.71. The predicted molar refractivity (Wildman–Crippen MR) is 74.3 cm³/mol. The Morgan fingerprint density at radius 2 is 2.10 bits per heavy atom. The Labute approximate surface area is 118 Å². The fourth-order valence-electron chi connectivity index (χ4n) is 1.77. The van der Waals surface area contributed by atoms with Crippen LogP contribution in [0, 0.1) is 0 Å². The van der Waals surface area contributed by atoms with Crippen molar-refractivity contribution in [2.24, 2.45) is 0 Å². The molecule has 1 rings (SSSR count). The molecule has 0 aliphatic heterocycles. The number of carboxylic acid groups (broad SMARTS) is 1. The van der Waals surface area contributed by atoms with E-state index in [1.165, 1.54) is 4.90 Å². The number of rotatable bonds is 5. The number of aromatic nitrogens is 2. The summed E-state index contributed by atoms with van der Waals surface area (Å²) in [6.07, 6.45) is 3.47. The molecule has 0 spiro atoms. The molecule has 0 bridgehead atoms. The lowest BCUT2D eigenvalue weighted by Gasteiger charge is -2.35. The third-order valence-electron chi connectivity index (χ3n) is 2.74. The van der Waals surface area contributed by atoms with Crippen LogP contribution in [-0.2, 0) is 11.3 Å². The van der Waals surface area contributed by atoms with Crippen LogP contribution >= 0.6 is 0 Å². The zero-order valence-corrected chi connectivity index (χ0v) is 12.3. The zero-order valence-electron chi connectivity index (χ0n) is 12.3. The zero-order chi connectivity index (χ0) is 15.3. The molecule has 7 nitrogen and oxygen atoms in total. The quantitative estimate of drug-likeness (QED) is 0.848. The second-order valence-corrected chi connectivity index (χ2v) is 5.73. The number of urea groups is 1. The summed E-state index contributed by atoms with van der Waals surface area (Å²) in [5.74, 6) is -1.03. The van der Waals surface area contributed by atoms with Gasteiger partial charge in [-0.2, -0.15) is 5.10 Å². The number of nitrogens with zero attached hydrogens (tertiary/aromatic N) is 3. The first-order valence-corrected chi connectivity index (χ1v) is 6.47. The Morgan fingerprint density at radius 1 is 1.45 bits per heavy atom. The summed E-state index contributed by atoms with van der Waals surface area (Å²) in [5.41, 5.74) is -0.562. The van der Waals surface area contributed by atoms with Gasteiger partial charge in [-0.15, -0.1) is 0 Å². The molecule has 20 heavy (non-hydrogen) atoms. The van der Waals surface area contributed by atoms with E-state index in [-0.39, 0.29) is 18.6 Å². The molecule has 112 valence electrons. The van der Waals surface area contributed by atoms with Crippen molar-refractivity contribution in [1.29, 1.82) is 0 Å². The second-order valence-electron chi connectivity index (χ2n) is 5.73. The number of carboxylic acids is 1. The van der Waals surface area contributed by atoms with E-state index in [0.29, 0.717) is 6.54 Å². The van der Waals surface area contributed by atoms with Crippen LogP contribution in [-0.4, -0.2) is 49.9 Å². The molecule has 0 fully saturated rings. The van der Waals surface area contributed by atoms with Gasteiger partial charge in [0, 0.05) is 24.0 Å². The average molecular weight is 282 g/mol. The van der Waals surface area contributed by atoms with Crippen molar-refractivity contribution in [3.63, 3.8) is 0 Å². The van der Waals surface area contributed by atoms with Gasteiger partial charge in [0.15, 0.2) is 0 Å². The number of hydrogen-bond donors (Lipinski definition) is 2. The van der Waals surface area contributed by atoms with Crippen LogP contribution in [0.25, 0.3) is 0 Å². The van der Waals surface area contributed by atoms with Crippen molar-refractivity contribution in [2.75, 3.05) is 6.54 Å². The molecule has 7 heteroatoms. The highest BCUT2D eigenvalue weighted by molar-refractivity contribution is 5.80. The van der Waals surface area contributed by atoms with E-state index in [1.807, 2.05) is 6.92 Å². The SMILES string of the molecule is CC(Cn1cccn1)NC(=O)N(CC(=O)O)C(C)(C)C. The normalized spacial score (nSPS) is 12.8. The molecule has 1 atom stereocenters. The highest BCUT2D eigenvalue weighted by Crippen LogP contribution is 2.13. The minimum atomic E-state index is -1.03. The Hall–Kier alpha value is -2.05. The van der Waals surface area contributed by atoms with Crippen molar-refractivity contribution in [1.82, 2.24) is 20.0 Å². The van der Waals surface area contributed by atoms with Crippen molar-refractivity contribution in [3.05, 3.63) is 18.5 Å². The second kappa shape index (κ2) is 6.40. The highest BCUT2D eigenvalue weighted by Gasteiger charge is 2.29. The number of hydrogen-bond acceptors (Lipinski definition) is 3. The topological polar surface area (TPSA) is 87.5 Å². The van der Waals surface area contributed by atoms with E-state index in [2.05, 4.69) is 10.4 Å². The third kappa shape index (κ3) is 4.91. The smallest absolute Gasteiger partial charge is 0.323 e. The molecule has 1 unspecified atom stereocenters. The molecule has 0 radical (unpaired) electrons. The molecule has 2 amide bonds. The van der Waals surface area contributed by atoms with E-state index >= 15 is 0 Å². The Morgan fingerprint density at radius 3 is 2.55 bits per heavy atom. The van der Waals surface area contributed by atoms with Crippen LogP contribution in [0.3, 0.4) is 0 Å². The number of nitrogens with one attached hydrogen (secondary N) is 1. The van der Waals surface area contributed by atoms with Gasteiger partial charge in [-0.3, -0.25) is 9.48 Å². The van der Waals surface area contributed by atoms with Crippen molar-refractivity contribution >= 4 is 12.0 Å². The minimum absolute atomic E-state index is 0.152. The average Bonchev–Trinajstić information content (AvgIpc) is 2.76. The van der Waals surface area contributed by atoms with Gasteiger partial charge in [-0.1, -0.05) is 0 Å². The lowest BCUT2D eigenvalue weighted by molar-refractivity contribution is -0.138. The van der Waals surface area contributed by atoms with E-state index in [1.54, 1.807) is 43.9 Å². The van der Waals surface area contributed by atoms with E-state index in [0.717, 1.165) is 0 Å². The Kier molecular flexibility index (Phi) is 5.12. The van der Waals surface area contributed by atoms with Gasteiger partial charge in [-0.25, -0.2) is 4.79 Å². The van der Waals surface area contributed by atoms with Crippen LogP contribution in [0.15, 0.2) is 18.5 Å². The number of carbonyl (C=O) groups excluding carboxylic acids is 1. The minimum Gasteiger partial charge on any atom is -0.480 e.